The molecule has 2 aromatic carbocycles. The predicted molar refractivity (Wildman–Crippen MR) is 88.9 cm³/mol. The van der Waals surface area contributed by atoms with E-state index in [9.17, 15) is 15.2 Å². The number of rotatable bonds is 7. The van der Waals surface area contributed by atoms with Gasteiger partial charge in [-0.05, 0) is 18.2 Å². The monoisotopic (exact) mass is 338 g/mol. The second-order valence-electron chi connectivity index (χ2n) is 4.58. The molecule has 1 atom stereocenters. The van der Waals surface area contributed by atoms with Crippen molar-refractivity contribution in [2.45, 2.75) is 15.9 Å². The maximum absolute atomic E-state index is 11.1. The first-order valence-electron chi connectivity index (χ1n) is 6.59. The third kappa shape index (κ3) is 4.91. The van der Waals surface area contributed by atoms with Crippen LogP contribution in [0.3, 0.4) is 0 Å². The number of nitro groups is 1. The van der Waals surface area contributed by atoms with Crippen LogP contribution in [0.2, 0.25) is 0 Å². The van der Waals surface area contributed by atoms with Crippen LogP contribution in [0.25, 0.3) is 0 Å². The lowest BCUT2D eigenvalue weighted by molar-refractivity contribution is -0.385. The van der Waals surface area contributed by atoms with Gasteiger partial charge >= 0.3 is 0 Å². The normalized spacial score (nSPS) is 11.9. The Morgan fingerprint density at radius 1 is 1.23 bits per heavy atom. The first-order chi connectivity index (χ1) is 10.6. The summed E-state index contributed by atoms with van der Waals surface area (Å²) in [5.74, 6) is 0.105. The molecule has 0 radical (unpaired) electrons. The molecular weight excluding hydrogens is 324 g/mol. The third-order valence-corrected chi connectivity index (χ3v) is 4.14. The third-order valence-electron chi connectivity index (χ3n) is 2.80. The van der Waals surface area contributed by atoms with Crippen molar-refractivity contribution in [1.29, 1.82) is 0 Å². The minimum absolute atomic E-state index is 0.00351. The van der Waals surface area contributed by atoms with Gasteiger partial charge in [-0.1, -0.05) is 30.0 Å². The number of aliphatic hydroxyl groups is 1. The van der Waals surface area contributed by atoms with E-state index < -0.39 is 11.0 Å². The van der Waals surface area contributed by atoms with Crippen LogP contribution in [0, 0.1) is 10.1 Å². The van der Waals surface area contributed by atoms with Crippen LogP contribution < -0.4 is 5.32 Å². The van der Waals surface area contributed by atoms with E-state index in [1.54, 1.807) is 0 Å². The van der Waals surface area contributed by atoms with Gasteiger partial charge in [0.15, 0.2) is 0 Å². The number of anilines is 1. The molecule has 0 bridgehead atoms. The van der Waals surface area contributed by atoms with E-state index in [0.29, 0.717) is 5.69 Å². The average molecular weight is 339 g/mol. The van der Waals surface area contributed by atoms with Crippen molar-refractivity contribution in [1.82, 2.24) is 0 Å². The van der Waals surface area contributed by atoms with E-state index in [4.69, 9.17) is 11.6 Å². The van der Waals surface area contributed by atoms with Gasteiger partial charge in [-0.15, -0.1) is 11.6 Å². The summed E-state index contributed by atoms with van der Waals surface area (Å²) in [6.45, 7) is 0.236. The molecule has 22 heavy (non-hydrogen) atoms. The topological polar surface area (TPSA) is 75.4 Å². The molecule has 2 aromatic rings. The molecule has 0 aliphatic heterocycles. The summed E-state index contributed by atoms with van der Waals surface area (Å²) >= 11 is 6.98. The number of hydrogen-bond donors (Lipinski definition) is 2. The van der Waals surface area contributed by atoms with Crippen LogP contribution in [0.4, 0.5) is 11.4 Å². The van der Waals surface area contributed by atoms with E-state index >= 15 is 0 Å². The van der Waals surface area contributed by atoms with Crippen LogP contribution in [0.5, 0.6) is 0 Å². The molecule has 0 fully saturated rings. The highest BCUT2D eigenvalue weighted by molar-refractivity contribution is 7.99. The summed E-state index contributed by atoms with van der Waals surface area (Å²) in [7, 11) is 0. The van der Waals surface area contributed by atoms with Crippen molar-refractivity contribution in [3.63, 3.8) is 0 Å². The molecule has 0 spiro atoms. The van der Waals surface area contributed by atoms with Gasteiger partial charge in [-0.25, -0.2) is 0 Å². The highest BCUT2D eigenvalue weighted by atomic mass is 35.5. The Morgan fingerprint density at radius 3 is 2.59 bits per heavy atom. The standard InChI is InChI=1S/C15H15ClN2O3S/c16-9-13(19)10-17-11-6-12(18(20)21)8-15(7-11)22-14-4-2-1-3-5-14/h1-8,13,17,19H,9-10H2. The highest BCUT2D eigenvalue weighted by Crippen LogP contribution is 2.32. The zero-order valence-corrected chi connectivity index (χ0v) is 13.2. The van der Waals surface area contributed by atoms with Gasteiger partial charge in [-0.2, -0.15) is 0 Å². The van der Waals surface area contributed by atoms with E-state index in [-0.39, 0.29) is 18.1 Å². The molecule has 2 N–H and O–H groups in total. The predicted octanol–water partition coefficient (Wildman–Crippen LogP) is 3.76. The number of alkyl halides is 1. The summed E-state index contributed by atoms with van der Waals surface area (Å²) < 4.78 is 0. The second kappa shape index (κ2) is 8.03. The van der Waals surface area contributed by atoms with Crippen LogP contribution in [-0.4, -0.2) is 28.6 Å². The Kier molecular flexibility index (Phi) is 6.06. The Hall–Kier alpha value is -1.76. The Morgan fingerprint density at radius 2 is 1.95 bits per heavy atom. The van der Waals surface area contributed by atoms with Crippen molar-refractivity contribution in [3.05, 3.63) is 58.6 Å². The fraction of sp³-hybridized carbons (Fsp3) is 0.200. The van der Waals surface area contributed by atoms with Gasteiger partial charge in [0.05, 0.1) is 16.9 Å². The van der Waals surface area contributed by atoms with E-state index in [1.807, 2.05) is 36.4 Å². The lowest BCUT2D eigenvalue weighted by atomic mass is 10.2. The summed E-state index contributed by atoms with van der Waals surface area (Å²) in [6.07, 6.45) is -0.703. The Labute approximate surface area is 137 Å². The average Bonchev–Trinajstić information content (AvgIpc) is 2.53. The maximum Gasteiger partial charge on any atom is 0.272 e. The van der Waals surface area contributed by atoms with E-state index in [0.717, 1.165) is 9.79 Å². The molecule has 1 unspecified atom stereocenters. The Balaban J connectivity index is 2.21. The molecule has 0 saturated heterocycles. The first kappa shape index (κ1) is 16.6. The maximum atomic E-state index is 11.1. The zero-order valence-electron chi connectivity index (χ0n) is 11.6. The van der Waals surface area contributed by atoms with Crippen molar-refractivity contribution in [3.8, 4) is 0 Å². The van der Waals surface area contributed by atoms with Crippen molar-refractivity contribution >= 4 is 34.7 Å². The number of hydrogen-bond acceptors (Lipinski definition) is 5. The molecule has 0 amide bonds. The number of nitrogens with zero attached hydrogens (tertiary/aromatic N) is 1. The number of halogens is 1. The molecule has 0 heterocycles. The van der Waals surface area contributed by atoms with E-state index in [2.05, 4.69) is 5.32 Å². The fourth-order valence-corrected chi connectivity index (χ4v) is 2.80. The molecule has 5 nitrogen and oxygen atoms in total. The largest absolute Gasteiger partial charge is 0.390 e. The molecule has 0 aliphatic carbocycles. The number of benzene rings is 2. The van der Waals surface area contributed by atoms with Crippen molar-refractivity contribution in [2.75, 3.05) is 17.7 Å². The van der Waals surface area contributed by atoms with Crippen LogP contribution in [0.15, 0.2) is 58.3 Å². The SMILES string of the molecule is O=[N+]([O-])c1cc(NCC(O)CCl)cc(Sc2ccccc2)c1. The highest BCUT2D eigenvalue weighted by Gasteiger charge is 2.11. The summed E-state index contributed by atoms with van der Waals surface area (Å²) in [5, 5.41) is 23.5. The smallest absolute Gasteiger partial charge is 0.272 e. The second-order valence-corrected chi connectivity index (χ2v) is 6.03. The molecule has 7 heteroatoms. The summed E-state index contributed by atoms with van der Waals surface area (Å²) in [5.41, 5.74) is 0.584. The molecule has 2 rings (SSSR count). The van der Waals surface area contributed by atoms with Gasteiger partial charge in [0.2, 0.25) is 0 Å². The minimum atomic E-state index is -0.703. The molecule has 116 valence electrons. The first-order valence-corrected chi connectivity index (χ1v) is 7.94. The number of nitro benzene ring substituents is 1. The molecule has 0 aromatic heterocycles. The quantitative estimate of drug-likeness (QED) is 0.457. The van der Waals surface area contributed by atoms with Gasteiger partial charge in [-0.3, -0.25) is 10.1 Å². The van der Waals surface area contributed by atoms with Crippen LogP contribution in [0.1, 0.15) is 0 Å². The van der Waals surface area contributed by atoms with Gasteiger partial charge in [0.25, 0.3) is 5.69 Å². The summed E-state index contributed by atoms with van der Waals surface area (Å²) in [4.78, 5) is 12.4. The van der Waals surface area contributed by atoms with Gasteiger partial charge in [0, 0.05) is 34.2 Å². The fourth-order valence-electron chi connectivity index (χ4n) is 1.76. The Bertz CT molecular complexity index is 640. The van der Waals surface area contributed by atoms with Gasteiger partial charge < -0.3 is 10.4 Å². The van der Waals surface area contributed by atoms with Crippen molar-refractivity contribution in [2.24, 2.45) is 0 Å². The van der Waals surface area contributed by atoms with Crippen molar-refractivity contribution < 1.29 is 10.0 Å². The van der Waals surface area contributed by atoms with Gasteiger partial charge in [0.1, 0.15) is 0 Å². The lowest BCUT2D eigenvalue weighted by Crippen LogP contribution is -2.20. The number of nitrogens with one attached hydrogen (secondary N) is 1. The van der Waals surface area contributed by atoms with Crippen LogP contribution in [-0.2, 0) is 0 Å². The summed E-state index contributed by atoms with van der Waals surface area (Å²) in [6, 6.07) is 14.4. The minimum Gasteiger partial charge on any atom is -0.390 e. The molecule has 0 saturated carbocycles. The molecule has 0 aliphatic rings. The zero-order chi connectivity index (χ0) is 15.9. The number of non-ortho nitro benzene ring substituents is 1. The number of aliphatic hydroxyl groups excluding tert-OH is 1. The van der Waals surface area contributed by atoms with E-state index in [1.165, 1.54) is 23.9 Å². The lowest BCUT2D eigenvalue weighted by Gasteiger charge is -2.11. The van der Waals surface area contributed by atoms with Crippen LogP contribution >= 0.6 is 23.4 Å². The molecular formula is C15H15ClN2O3S.